The van der Waals surface area contributed by atoms with E-state index in [0.717, 1.165) is 93.3 Å². The zero-order valence-electron chi connectivity index (χ0n) is 28.4. The fraction of sp³-hybridized carbons (Fsp3) is 0.667. The number of carbonyl (C=O) groups is 1. The van der Waals surface area contributed by atoms with Crippen LogP contribution in [0, 0.1) is 17.3 Å². The van der Waals surface area contributed by atoms with Crippen LogP contribution in [0.1, 0.15) is 107 Å². The zero-order valence-corrected chi connectivity index (χ0v) is 29.2. The largest absolute Gasteiger partial charge is 0.493 e. The average molecular weight is 709 g/mol. The van der Waals surface area contributed by atoms with Gasteiger partial charge in [0.1, 0.15) is 17.3 Å². The number of rotatable bonds is 14. The highest BCUT2D eigenvalue weighted by atomic mass is 32.2. The second-order valence-electron chi connectivity index (χ2n) is 14.6. The van der Waals surface area contributed by atoms with Gasteiger partial charge in [0.05, 0.1) is 13.2 Å². The molecule has 0 N–H and O–H groups in total. The highest BCUT2D eigenvalue weighted by molar-refractivity contribution is 7.99. The highest BCUT2D eigenvalue weighted by Gasteiger charge is 2.57. The van der Waals surface area contributed by atoms with Gasteiger partial charge >= 0.3 is 12.1 Å². The summed E-state index contributed by atoms with van der Waals surface area (Å²) < 4.78 is 82.2. The van der Waals surface area contributed by atoms with Crippen LogP contribution in [0.2, 0.25) is 0 Å². The van der Waals surface area contributed by atoms with E-state index in [4.69, 9.17) is 14.2 Å². The summed E-state index contributed by atoms with van der Waals surface area (Å²) >= 11 is 1.42. The number of benzene rings is 2. The van der Waals surface area contributed by atoms with Gasteiger partial charge in [0.25, 0.3) is 0 Å². The molecule has 270 valence electrons. The molecule has 1 aliphatic heterocycles. The van der Waals surface area contributed by atoms with E-state index >= 15 is 0 Å². The summed E-state index contributed by atoms with van der Waals surface area (Å²) in [4.78, 5) is 12.9. The van der Waals surface area contributed by atoms with E-state index in [1.165, 1.54) is 22.9 Å². The van der Waals surface area contributed by atoms with Gasteiger partial charge in [-0.15, -0.1) is 0 Å². The fourth-order valence-corrected chi connectivity index (χ4v) is 9.82. The Morgan fingerprint density at radius 2 is 1.71 bits per heavy atom. The number of halogens is 5. The SMILES string of the molecule is C[C@]12CC[C@@H]3c4ccc(OC5CCCCO5)c(-c5ccccc5OCCCCCSCCCC(F)(F)C(F)(F)F)c4CC[C@H]3[C@@H]1CCC2=O. The van der Waals surface area contributed by atoms with Crippen molar-refractivity contribution in [1.29, 1.82) is 0 Å². The standard InChI is InChI=1S/C39H49F5O4S/c1-37-21-19-27-26-15-17-33(48-35-12-5-7-23-47-35)36(29(26)14-13-28(27)31(37)16-18-34(37)45)30-10-3-4-11-32(30)46-22-6-2-8-24-49-25-9-20-38(40,41)39(42,43)44/h3-4,10-11,15,17,27-28,31,35H,2,5-9,12-14,16,18-25H2,1H3/t27-,28-,31+,35?,37+/m1/s1. The summed E-state index contributed by atoms with van der Waals surface area (Å²) in [6.45, 7) is 3.42. The highest BCUT2D eigenvalue weighted by Crippen LogP contribution is 2.60. The Balaban J connectivity index is 1.12. The van der Waals surface area contributed by atoms with Gasteiger partial charge in [0, 0.05) is 35.8 Å². The number of hydrogen-bond donors (Lipinski definition) is 0. The Hall–Kier alpha value is -2.33. The normalized spacial score (nSPS) is 26.9. The van der Waals surface area contributed by atoms with Crippen molar-refractivity contribution in [3.63, 3.8) is 0 Å². The molecular formula is C39H49F5O4S. The molecule has 4 aliphatic rings. The summed E-state index contributed by atoms with van der Waals surface area (Å²) in [5.41, 5.74) is 4.63. The second-order valence-corrected chi connectivity index (χ2v) is 15.8. The number of alkyl halides is 5. The maximum absolute atomic E-state index is 13.1. The van der Waals surface area contributed by atoms with E-state index in [0.29, 0.717) is 48.9 Å². The van der Waals surface area contributed by atoms with Crippen LogP contribution >= 0.6 is 11.8 Å². The number of para-hydroxylation sites is 1. The topological polar surface area (TPSA) is 44.8 Å². The van der Waals surface area contributed by atoms with Gasteiger partial charge in [-0.05, 0) is 123 Å². The molecule has 0 radical (unpaired) electrons. The van der Waals surface area contributed by atoms with E-state index in [-0.39, 0.29) is 23.9 Å². The molecule has 2 saturated carbocycles. The van der Waals surface area contributed by atoms with Crippen molar-refractivity contribution >= 4 is 17.5 Å². The number of ketones is 1. The van der Waals surface area contributed by atoms with Gasteiger partial charge in [-0.3, -0.25) is 4.79 Å². The minimum Gasteiger partial charge on any atom is -0.493 e. The Morgan fingerprint density at radius 1 is 0.898 bits per heavy atom. The molecular weight excluding hydrogens is 659 g/mol. The first-order valence-corrected chi connectivity index (χ1v) is 19.4. The molecule has 0 spiro atoms. The third-order valence-electron chi connectivity index (χ3n) is 11.5. The minimum absolute atomic E-state index is 0.167. The summed E-state index contributed by atoms with van der Waals surface area (Å²) in [5, 5.41) is 0. The third-order valence-corrected chi connectivity index (χ3v) is 12.7. The molecule has 0 aromatic heterocycles. The molecule has 49 heavy (non-hydrogen) atoms. The van der Waals surface area contributed by atoms with E-state index in [1.807, 2.05) is 18.2 Å². The number of thioether (sulfide) groups is 1. The Bertz CT molecular complexity index is 1440. The van der Waals surface area contributed by atoms with Crippen molar-refractivity contribution < 1.29 is 41.0 Å². The molecule has 10 heteroatoms. The van der Waals surface area contributed by atoms with Gasteiger partial charge in [0.15, 0.2) is 6.29 Å². The molecule has 1 saturated heterocycles. The summed E-state index contributed by atoms with van der Waals surface area (Å²) in [5.74, 6) is -0.146. The Morgan fingerprint density at radius 3 is 2.51 bits per heavy atom. The van der Waals surface area contributed by atoms with Crippen LogP contribution < -0.4 is 9.47 Å². The molecule has 3 aliphatic carbocycles. The maximum Gasteiger partial charge on any atom is 0.453 e. The lowest BCUT2D eigenvalue weighted by atomic mass is 9.55. The quantitative estimate of drug-likeness (QED) is 0.144. The fourth-order valence-electron chi connectivity index (χ4n) is 8.86. The van der Waals surface area contributed by atoms with E-state index in [9.17, 15) is 26.7 Å². The molecule has 2 aromatic rings. The molecule has 5 atom stereocenters. The number of ether oxygens (including phenoxy) is 3. The zero-order chi connectivity index (χ0) is 34.6. The number of fused-ring (bicyclic) bond motifs is 5. The van der Waals surface area contributed by atoms with Gasteiger partial charge in [0.2, 0.25) is 0 Å². The first-order valence-electron chi connectivity index (χ1n) is 18.2. The van der Waals surface area contributed by atoms with Crippen molar-refractivity contribution in [3.05, 3.63) is 47.5 Å². The Kier molecular flexibility index (Phi) is 11.5. The van der Waals surface area contributed by atoms with Gasteiger partial charge in [-0.25, -0.2) is 0 Å². The van der Waals surface area contributed by atoms with Crippen molar-refractivity contribution in [2.45, 2.75) is 121 Å². The second kappa shape index (κ2) is 15.5. The van der Waals surface area contributed by atoms with Crippen molar-refractivity contribution in [2.75, 3.05) is 24.7 Å². The molecule has 1 unspecified atom stereocenters. The minimum atomic E-state index is -5.48. The number of unbranched alkanes of at least 4 members (excludes halogenated alkanes) is 2. The van der Waals surface area contributed by atoms with Crippen LogP contribution in [0.4, 0.5) is 22.0 Å². The first kappa shape index (κ1) is 36.5. The monoisotopic (exact) mass is 708 g/mol. The maximum atomic E-state index is 13.1. The smallest absolute Gasteiger partial charge is 0.453 e. The number of hydrogen-bond acceptors (Lipinski definition) is 5. The van der Waals surface area contributed by atoms with E-state index in [2.05, 4.69) is 25.1 Å². The molecule has 6 rings (SSSR count). The number of carbonyl (C=O) groups excluding carboxylic acids is 1. The van der Waals surface area contributed by atoms with Crippen LogP contribution in [-0.2, 0) is 16.0 Å². The van der Waals surface area contributed by atoms with Crippen LogP contribution in [0.25, 0.3) is 11.1 Å². The lowest BCUT2D eigenvalue weighted by Crippen LogP contribution is -2.42. The summed E-state index contributed by atoms with van der Waals surface area (Å²) in [6, 6.07) is 12.5. The predicted octanol–water partition coefficient (Wildman–Crippen LogP) is 10.9. The van der Waals surface area contributed by atoms with Gasteiger partial charge < -0.3 is 14.2 Å². The Labute approximate surface area is 291 Å². The lowest BCUT2D eigenvalue weighted by Gasteiger charge is -2.48. The molecule has 2 aromatic carbocycles. The molecule has 4 nitrogen and oxygen atoms in total. The molecule has 3 fully saturated rings. The van der Waals surface area contributed by atoms with Gasteiger partial charge in [-0.2, -0.15) is 33.7 Å². The lowest BCUT2D eigenvalue weighted by molar-refractivity contribution is -0.284. The first-order chi connectivity index (χ1) is 23.5. The van der Waals surface area contributed by atoms with Crippen molar-refractivity contribution in [2.24, 2.45) is 17.3 Å². The number of Topliss-reactive ketones (excluding diaryl/α,β-unsaturated/α-hetero) is 1. The molecule has 0 bridgehead atoms. The summed E-state index contributed by atoms with van der Waals surface area (Å²) in [6.07, 6.45) is 4.07. The van der Waals surface area contributed by atoms with Crippen molar-refractivity contribution in [1.82, 2.24) is 0 Å². The third kappa shape index (κ3) is 7.95. The average Bonchev–Trinajstić information content (AvgIpc) is 3.39. The van der Waals surface area contributed by atoms with Gasteiger partial charge in [-0.1, -0.05) is 31.2 Å². The van der Waals surface area contributed by atoms with Crippen LogP contribution in [0.3, 0.4) is 0 Å². The molecule has 1 heterocycles. The van der Waals surface area contributed by atoms with Crippen LogP contribution in [0.15, 0.2) is 36.4 Å². The van der Waals surface area contributed by atoms with Crippen molar-refractivity contribution in [3.8, 4) is 22.6 Å². The van der Waals surface area contributed by atoms with E-state index < -0.39 is 18.5 Å². The molecule has 0 amide bonds. The predicted molar refractivity (Wildman–Crippen MR) is 183 cm³/mol. The van der Waals surface area contributed by atoms with Crippen LogP contribution in [-0.4, -0.2) is 48.9 Å². The van der Waals surface area contributed by atoms with E-state index in [1.54, 1.807) is 0 Å². The summed E-state index contributed by atoms with van der Waals surface area (Å²) in [7, 11) is 0. The van der Waals surface area contributed by atoms with Crippen LogP contribution in [0.5, 0.6) is 11.5 Å².